The molecule has 0 saturated heterocycles. The Morgan fingerprint density at radius 3 is 2.44 bits per heavy atom. The minimum atomic E-state index is 0.0837. The fourth-order valence-corrected chi connectivity index (χ4v) is 2.64. The molecule has 0 bridgehead atoms. The lowest BCUT2D eigenvalue weighted by molar-refractivity contribution is -0.126. The molecule has 0 radical (unpaired) electrons. The molecular formula is C15H29NO2. The van der Waals surface area contributed by atoms with Gasteiger partial charge in [0, 0.05) is 19.1 Å². The highest BCUT2D eigenvalue weighted by atomic mass is 16.2. The molecule has 0 aromatic carbocycles. The van der Waals surface area contributed by atoms with Crippen molar-refractivity contribution in [2.24, 2.45) is 17.3 Å². The van der Waals surface area contributed by atoms with Gasteiger partial charge in [0.2, 0.25) is 5.91 Å². The number of carbonyl (C=O) groups is 1. The van der Waals surface area contributed by atoms with E-state index in [2.05, 4.69) is 26.1 Å². The molecule has 1 fully saturated rings. The Kier molecular flexibility index (Phi) is 6.13. The Morgan fingerprint density at radius 2 is 1.89 bits per heavy atom. The molecule has 18 heavy (non-hydrogen) atoms. The van der Waals surface area contributed by atoms with Gasteiger partial charge in [-0.1, -0.05) is 20.8 Å². The molecule has 1 amide bonds. The summed E-state index contributed by atoms with van der Waals surface area (Å²) in [6.45, 7) is 7.51. The van der Waals surface area contributed by atoms with Gasteiger partial charge in [-0.15, -0.1) is 0 Å². The zero-order valence-electron chi connectivity index (χ0n) is 12.2. The first-order chi connectivity index (χ1) is 8.44. The van der Waals surface area contributed by atoms with Crippen LogP contribution in [0.3, 0.4) is 0 Å². The first-order valence-corrected chi connectivity index (χ1v) is 7.33. The summed E-state index contributed by atoms with van der Waals surface area (Å²) in [6.07, 6.45) is 6.22. The van der Waals surface area contributed by atoms with E-state index in [9.17, 15) is 4.79 Å². The number of rotatable bonds is 6. The van der Waals surface area contributed by atoms with E-state index < -0.39 is 0 Å². The summed E-state index contributed by atoms with van der Waals surface area (Å²) >= 11 is 0. The second-order valence-corrected chi connectivity index (χ2v) is 6.67. The van der Waals surface area contributed by atoms with E-state index in [4.69, 9.17) is 5.11 Å². The normalized spacial score (nSPS) is 24.9. The van der Waals surface area contributed by atoms with E-state index in [0.717, 1.165) is 38.1 Å². The predicted molar refractivity (Wildman–Crippen MR) is 74.2 cm³/mol. The highest BCUT2D eigenvalue weighted by Gasteiger charge is 2.26. The van der Waals surface area contributed by atoms with Crippen molar-refractivity contribution < 1.29 is 9.90 Å². The van der Waals surface area contributed by atoms with Crippen molar-refractivity contribution in [2.45, 2.75) is 59.3 Å². The maximum Gasteiger partial charge on any atom is 0.223 e. The van der Waals surface area contributed by atoms with Crippen LogP contribution in [0, 0.1) is 17.3 Å². The zero-order chi connectivity index (χ0) is 13.6. The fraction of sp³-hybridized carbons (Fsp3) is 0.933. The van der Waals surface area contributed by atoms with Gasteiger partial charge < -0.3 is 10.4 Å². The van der Waals surface area contributed by atoms with Gasteiger partial charge in [0.1, 0.15) is 0 Å². The van der Waals surface area contributed by atoms with E-state index in [0.29, 0.717) is 0 Å². The molecule has 1 rings (SSSR count). The number of amides is 1. The van der Waals surface area contributed by atoms with Crippen molar-refractivity contribution in [1.29, 1.82) is 0 Å². The van der Waals surface area contributed by atoms with E-state index in [-0.39, 0.29) is 23.8 Å². The lowest BCUT2D eigenvalue weighted by Crippen LogP contribution is -2.38. The fourth-order valence-electron chi connectivity index (χ4n) is 2.64. The largest absolute Gasteiger partial charge is 0.396 e. The van der Waals surface area contributed by atoms with Crippen LogP contribution in [-0.4, -0.2) is 24.2 Å². The zero-order valence-corrected chi connectivity index (χ0v) is 12.2. The van der Waals surface area contributed by atoms with Crippen molar-refractivity contribution in [3.8, 4) is 0 Å². The minimum Gasteiger partial charge on any atom is -0.396 e. The summed E-state index contributed by atoms with van der Waals surface area (Å²) in [6, 6.07) is 0. The van der Waals surface area contributed by atoms with Gasteiger partial charge in [0.15, 0.2) is 0 Å². The lowest BCUT2D eigenvalue weighted by Gasteiger charge is -2.28. The average molecular weight is 255 g/mol. The third kappa shape index (κ3) is 5.38. The van der Waals surface area contributed by atoms with Gasteiger partial charge in [-0.05, 0) is 49.9 Å². The SMILES string of the molecule is CC1CCC(C(=O)NCC(C)(C)CCCO)CC1. The Balaban J connectivity index is 2.27. The van der Waals surface area contributed by atoms with Crippen LogP contribution in [0.5, 0.6) is 0 Å². The molecule has 0 unspecified atom stereocenters. The van der Waals surface area contributed by atoms with Crippen LogP contribution in [-0.2, 0) is 4.79 Å². The Bertz CT molecular complexity index is 255. The second kappa shape index (κ2) is 7.13. The summed E-state index contributed by atoms with van der Waals surface area (Å²) in [5.41, 5.74) is 0.0837. The molecule has 0 aliphatic heterocycles. The molecule has 0 heterocycles. The minimum absolute atomic E-state index is 0.0837. The van der Waals surface area contributed by atoms with Gasteiger partial charge in [0.25, 0.3) is 0 Å². The van der Waals surface area contributed by atoms with Crippen molar-refractivity contribution in [2.75, 3.05) is 13.2 Å². The highest BCUT2D eigenvalue weighted by molar-refractivity contribution is 5.78. The smallest absolute Gasteiger partial charge is 0.223 e. The predicted octanol–water partition coefficient (Wildman–Crippen LogP) is 2.73. The molecule has 3 nitrogen and oxygen atoms in total. The molecule has 1 aliphatic carbocycles. The van der Waals surface area contributed by atoms with Crippen molar-refractivity contribution in [1.82, 2.24) is 5.32 Å². The number of hydrogen-bond acceptors (Lipinski definition) is 2. The summed E-state index contributed by atoms with van der Waals surface area (Å²) in [7, 11) is 0. The monoisotopic (exact) mass is 255 g/mol. The van der Waals surface area contributed by atoms with E-state index in [1.54, 1.807) is 0 Å². The van der Waals surface area contributed by atoms with Crippen LogP contribution in [0.1, 0.15) is 59.3 Å². The number of hydrogen-bond donors (Lipinski definition) is 2. The number of aliphatic hydroxyl groups is 1. The molecule has 0 aromatic heterocycles. The van der Waals surface area contributed by atoms with Crippen LogP contribution < -0.4 is 5.32 Å². The van der Waals surface area contributed by atoms with Crippen molar-refractivity contribution >= 4 is 5.91 Å². The van der Waals surface area contributed by atoms with Crippen molar-refractivity contribution in [3.63, 3.8) is 0 Å². The quantitative estimate of drug-likeness (QED) is 0.766. The number of nitrogens with one attached hydrogen (secondary N) is 1. The average Bonchev–Trinajstić information content (AvgIpc) is 2.35. The molecule has 0 spiro atoms. The number of carbonyl (C=O) groups excluding carboxylic acids is 1. The second-order valence-electron chi connectivity index (χ2n) is 6.67. The number of aliphatic hydroxyl groups excluding tert-OH is 1. The van der Waals surface area contributed by atoms with Crippen LogP contribution in [0.4, 0.5) is 0 Å². The van der Waals surface area contributed by atoms with Crippen molar-refractivity contribution in [3.05, 3.63) is 0 Å². The van der Waals surface area contributed by atoms with Crippen LogP contribution in [0.2, 0.25) is 0 Å². The van der Waals surface area contributed by atoms with E-state index in [1.165, 1.54) is 12.8 Å². The van der Waals surface area contributed by atoms with Gasteiger partial charge >= 0.3 is 0 Å². The van der Waals surface area contributed by atoms with Gasteiger partial charge in [-0.25, -0.2) is 0 Å². The Hall–Kier alpha value is -0.570. The maximum absolute atomic E-state index is 12.1. The molecule has 106 valence electrons. The van der Waals surface area contributed by atoms with Crippen LogP contribution in [0.25, 0.3) is 0 Å². The van der Waals surface area contributed by atoms with Gasteiger partial charge in [0.05, 0.1) is 0 Å². The maximum atomic E-state index is 12.1. The van der Waals surface area contributed by atoms with Crippen LogP contribution >= 0.6 is 0 Å². The summed E-state index contributed by atoms with van der Waals surface area (Å²) in [5, 5.41) is 11.9. The summed E-state index contributed by atoms with van der Waals surface area (Å²) in [4.78, 5) is 12.1. The van der Waals surface area contributed by atoms with E-state index >= 15 is 0 Å². The molecule has 3 heteroatoms. The summed E-state index contributed by atoms with van der Waals surface area (Å²) < 4.78 is 0. The molecule has 0 atom stereocenters. The third-order valence-corrected chi connectivity index (χ3v) is 4.14. The molecule has 1 aliphatic rings. The first-order valence-electron chi connectivity index (χ1n) is 7.33. The Labute approximate surface area is 111 Å². The lowest BCUT2D eigenvalue weighted by atomic mass is 9.82. The van der Waals surface area contributed by atoms with Gasteiger partial charge in [-0.2, -0.15) is 0 Å². The molecule has 0 aromatic rings. The van der Waals surface area contributed by atoms with Crippen LogP contribution in [0.15, 0.2) is 0 Å². The summed E-state index contributed by atoms with van der Waals surface area (Å²) in [5.74, 6) is 1.25. The standard InChI is InChI=1S/C15H29NO2/c1-12-5-7-13(8-6-12)14(18)16-11-15(2,3)9-4-10-17/h12-13,17H,4-11H2,1-3H3,(H,16,18). The molecule has 2 N–H and O–H groups in total. The topological polar surface area (TPSA) is 49.3 Å². The third-order valence-electron chi connectivity index (χ3n) is 4.14. The molecule has 1 saturated carbocycles. The van der Waals surface area contributed by atoms with Gasteiger partial charge in [-0.3, -0.25) is 4.79 Å². The molecular weight excluding hydrogens is 226 g/mol. The highest BCUT2D eigenvalue weighted by Crippen LogP contribution is 2.28. The Morgan fingerprint density at radius 1 is 1.28 bits per heavy atom. The van der Waals surface area contributed by atoms with E-state index in [1.807, 2.05) is 0 Å². The first kappa shape index (κ1) is 15.5.